The average molecular weight is 1440 g/mol. The fraction of sp³-hybridized carbons (Fsp3) is 0.949. The Balaban J connectivity index is 5.22. The zero-order chi connectivity index (χ0) is 72.3. The smallest absolute Gasteiger partial charge is 0.462 e. The van der Waals surface area contributed by atoms with E-state index in [9.17, 15) is 43.2 Å². The summed E-state index contributed by atoms with van der Waals surface area (Å²) in [4.78, 5) is 72.9. The summed E-state index contributed by atoms with van der Waals surface area (Å²) in [5, 5.41) is 10.6. The lowest BCUT2D eigenvalue weighted by molar-refractivity contribution is -0.161. The van der Waals surface area contributed by atoms with Gasteiger partial charge in [-0.15, -0.1) is 0 Å². The maximum Gasteiger partial charge on any atom is 0.472 e. The molecule has 5 atom stereocenters. The number of rotatable bonds is 77. The number of phosphoric acid groups is 2. The zero-order valence-corrected chi connectivity index (χ0v) is 66.0. The summed E-state index contributed by atoms with van der Waals surface area (Å²) in [5.74, 6) is 0.187. The highest BCUT2D eigenvalue weighted by Crippen LogP contribution is 2.45. The number of unbranched alkanes of at least 4 members (excludes halogenated alkanes) is 45. The third-order valence-corrected chi connectivity index (χ3v) is 20.3. The Morgan fingerprint density at radius 2 is 0.469 bits per heavy atom. The SMILES string of the molecule is CCCCCCCCCCCCCCCC(=O)OC[C@H](COP(=O)(O)OC[C@@H](O)COP(=O)(O)OC[C@@H](COC(=O)CCCCCCCCCCCC(C)C)OC(=O)CCCCCCCCCCCC(C)C)OC(=O)CCCCCCCCCCCCCCCCCCCCC(C)C. The highest BCUT2D eigenvalue weighted by Gasteiger charge is 2.30. The summed E-state index contributed by atoms with van der Waals surface area (Å²) in [7, 11) is -9.92. The molecule has 0 aromatic rings. The van der Waals surface area contributed by atoms with Crippen LogP contribution >= 0.6 is 15.6 Å². The van der Waals surface area contributed by atoms with Gasteiger partial charge in [-0.1, -0.05) is 357 Å². The first-order chi connectivity index (χ1) is 47.2. The number of aliphatic hydroxyl groups is 1. The van der Waals surface area contributed by atoms with Crippen molar-refractivity contribution >= 4 is 39.5 Å². The van der Waals surface area contributed by atoms with Crippen molar-refractivity contribution in [1.82, 2.24) is 0 Å². The fourth-order valence-electron chi connectivity index (χ4n) is 12.1. The monoisotopic (exact) mass is 1440 g/mol. The highest BCUT2D eigenvalue weighted by atomic mass is 31.2. The van der Waals surface area contributed by atoms with E-state index >= 15 is 0 Å². The van der Waals surface area contributed by atoms with Crippen LogP contribution in [0, 0.1) is 17.8 Å². The van der Waals surface area contributed by atoms with Crippen LogP contribution in [-0.2, 0) is 65.4 Å². The maximum atomic E-state index is 13.1. The Labute approximate surface area is 600 Å². The molecular formula is C79H154O17P2. The van der Waals surface area contributed by atoms with Gasteiger partial charge in [-0.2, -0.15) is 0 Å². The number of aliphatic hydroxyl groups excluding tert-OH is 1. The molecule has 0 amide bonds. The summed E-state index contributed by atoms with van der Waals surface area (Å²) in [6, 6.07) is 0. The molecule has 582 valence electrons. The topological polar surface area (TPSA) is 237 Å². The van der Waals surface area contributed by atoms with Crippen molar-refractivity contribution in [1.29, 1.82) is 0 Å². The van der Waals surface area contributed by atoms with Gasteiger partial charge in [0, 0.05) is 25.7 Å². The molecule has 17 nitrogen and oxygen atoms in total. The van der Waals surface area contributed by atoms with Gasteiger partial charge >= 0.3 is 39.5 Å². The lowest BCUT2D eigenvalue weighted by atomic mass is 10.0. The minimum absolute atomic E-state index is 0.105. The normalized spacial score (nSPS) is 14.0. The van der Waals surface area contributed by atoms with E-state index in [0.29, 0.717) is 25.7 Å². The minimum Gasteiger partial charge on any atom is -0.462 e. The lowest BCUT2D eigenvalue weighted by Gasteiger charge is -2.21. The molecule has 0 rings (SSSR count). The summed E-state index contributed by atoms with van der Waals surface area (Å²) >= 11 is 0. The van der Waals surface area contributed by atoms with E-state index in [4.69, 9.17) is 37.0 Å². The molecule has 0 aliphatic rings. The highest BCUT2D eigenvalue weighted by molar-refractivity contribution is 7.47. The van der Waals surface area contributed by atoms with Crippen LogP contribution in [0.4, 0.5) is 0 Å². The van der Waals surface area contributed by atoms with Crippen LogP contribution in [0.5, 0.6) is 0 Å². The molecule has 0 spiro atoms. The van der Waals surface area contributed by atoms with Crippen molar-refractivity contribution < 1.29 is 80.2 Å². The van der Waals surface area contributed by atoms with Crippen LogP contribution in [0.2, 0.25) is 0 Å². The summed E-state index contributed by atoms with van der Waals surface area (Å²) in [5.41, 5.74) is 0. The van der Waals surface area contributed by atoms with Crippen LogP contribution in [0.3, 0.4) is 0 Å². The van der Waals surface area contributed by atoms with E-state index in [1.807, 2.05) is 0 Å². The van der Waals surface area contributed by atoms with Gasteiger partial charge in [0.15, 0.2) is 12.2 Å². The fourth-order valence-corrected chi connectivity index (χ4v) is 13.7. The Hall–Kier alpha value is -1.94. The zero-order valence-electron chi connectivity index (χ0n) is 64.3. The number of esters is 4. The van der Waals surface area contributed by atoms with Crippen LogP contribution in [0.15, 0.2) is 0 Å². The van der Waals surface area contributed by atoms with Crippen LogP contribution < -0.4 is 0 Å². The summed E-state index contributed by atoms with van der Waals surface area (Å²) in [6.07, 6.45) is 56.9. The molecule has 0 aliphatic carbocycles. The van der Waals surface area contributed by atoms with E-state index < -0.39 is 97.5 Å². The lowest BCUT2D eigenvalue weighted by Crippen LogP contribution is -2.30. The van der Waals surface area contributed by atoms with E-state index in [0.717, 1.165) is 108 Å². The van der Waals surface area contributed by atoms with E-state index in [-0.39, 0.29) is 25.7 Å². The van der Waals surface area contributed by atoms with Gasteiger partial charge in [0.2, 0.25) is 0 Å². The molecule has 0 aromatic carbocycles. The number of ether oxygens (including phenoxy) is 4. The van der Waals surface area contributed by atoms with Crippen LogP contribution in [0.25, 0.3) is 0 Å². The van der Waals surface area contributed by atoms with Crippen molar-refractivity contribution in [3.63, 3.8) is 0 Å². The van der Waals surface area contributed by atoms with E-state index in [1.165, 1.54) is 218 Å². The number of carbonyl (C=O) groups is 4. The van der Waals surface area contributed by atoms with Gasteiger partial charge in [0.05, 0.1) is 26.4 Å². The second-order valence-corrected chi connectivity index (χ2v) is 32.8. The molecular weight excluding hydrogens is 1280 g/mol. The molecule has 0 aromatic heterocycles. The van der Waals surface area contributed by atoms with Crippen molar-refractivity contribution in [2.24, 2.45) is 17.8 Å². The minimum atomic E-state index is -4.96. The van der Waals surface area contributed by atoms with Gasteiger partial charge in [0.1, 0.15) is 19.3 Å². The molecule has 0 heterocycles. The van der Waals surface area contributed by atoms with Crippen molar-refractivity contribution in [2.75, 3.05) is 39.6 Å². The molecule has 0 saturated heterocycles. The van der Waals surface area contributed by atoms with Gasteiger partial charge in [-0.05, 0) is 43.4 Å². The third kappa shape index (κ3) is 72.4. The van der Waals surface area contributed by atoms with Gasteiger partial charge in [-0.25, -0.2) is 9.13 Å². The molecule has 0 radical (unpaired) electrons. The number of hydrogen-bond donors (Lipinski definition) is 3. The number of hydrogen-bond acceptors (Lipinski definition) is 15. The summed E-state index contributed by atoms with van der Waals surface area (Å²) < 4.78 is 68.6. The molecule has 0 aliphatic heterocycles. The molecule has 0 saturated carbocycles. The standard InChI is InChI=1S/C79H154O17P2/c1-8-9-10-11-12-13-14-21-25-32-39-46-53-60-76(81)89-66-74(95-78(83)62-55-48-41-33-26-23-20-18-16-15-17-19-22-24-29-36-43-50-57-70(2)3)68-93-97(85,86)91-64-73(80)65-92-98(87,88)94-69-75(96-79(84)63-56-49-42-35-28-31-38-45-52-59-72(6)7)67-90-77(82)61-54-47-40-34-27-30-37-44-51-58-71(4)5/h70-75,80H,8-69H2,1-7H3,(H,85,86)(H,87,88)/t73-,74-,75-/m1/s1. The van der Waals surface area contributed by atoms with E-state index in [2.05, 4.69) is 48.5 Å². The molecule has 98 heavy (non-hydrogen) atoms. The second kappa shape index (κ2) is 69.4. The first kappa shape index (κ1) is 96.1. The van der Waals surface area contributed by atoms with Gasteiger partial charge in [0.25, 0.3) is 0 Å². The predicted octanol–water partition coefficient (Wildman–Crippen LogP) is 23.4. The van der Waals surface area contributed by atoms with Crippen LogP contribution in [0.1, 0.15) is 408 Å². The van der Waals surface area contributed by atoms with Crippen molar-refractivity contribution in [2.45, 2.75) is 426 Å². The molecule has 0 fully saturated rings. The summed E-state index contributed by atoms with van der Waals surface area (Å²) in [6.45, 7) is 11.9. The maximum absolute atomic E-state index is 13.1. The third-order valence-electron chi connectivity index (χ3n) is 18.4. The van der Waals surface area contributed by atoms with Crippen molar-refractivity contribution in [3.8, 4) is 0 Å². The molecule has 2 unspecified atom stereocenters. The Morgan fingerprint density at radius 3 is 0.694 bits per heavy atom. The largest absolute Gasteiger partial charge is 0.472 e. The first-order valence-electron chi connectivity index (χ1n) is 40.8. The number of carbonyl (C=O) groups excluding carboxylic acids is 4. The van der Waals surface area contributed by atoms with Crippen LogP contribution in [-0.4, -0.2) is 96.7 Å². The number of phosphoric ester groups is 2. The van der Waals surface area contributed by atoms with E-state index in [1.54, 1.807) is 0 Å². The van der Waals surface area contributed by atoms with Crippen molar-refractivity contribution in [3.05, 3.63) is 0 Å². The first-order valence-corrected chi connectivity index (χ1v) is 43.8. The quantitative estimate of drug-likeness (QED) is 0.0222. The Bertz CT molecular complexity index is 1900. The predicted molar refractivity (Wildman–Crippen MR) is 400 cm³/mol. The Morgan fingerprint density at radius 1 is 0.276 bits per heavy atom. The molecule has 0 bridgehead atoms. The van der Waals surface area contributed by atoms with Gasteiger partial charge in [-0.3, -0.25) is 37.3 Å². The molecule has 3 N–H and O–H groups in total. The Kier molecular flexibility index (Phi) is 68.1. The average Bonchev–Trinajstić information content (AvgIpc) is 1.00. The molecule has 19 heteroatoms. The second-order valence-electron chi connectivity index (χ2n) is 29.9. The van der Waals surface area contributed by atoms with Gasteiger partial charge < -0.3 is 33.8 Å².